The summed E-state index contributed by atoms with van der Waals surface area (Å²) in [5.74, 6) is -0.886. The number of rotatable bonds is 6. The second-order valence-corrected chi connectivity index (χ2v) is 3.75. The van der Waals surface area contributed by atoms with Crippen molar-refractivity contribution in [1.82, 2.24) is 10.6 Å². The van der Waals surface area contributed by atoms with Crippen LogP contribution in [0.2, 0.25) is 0 Å². The van der Waals surface area contributed by atoms with E-state index in [2.05, 4.69) is 10.6 Å². The Balaban J connectivity index is 2.38. The molecule has 0 saturated heterocycles. The third-order valence-electron chi connectivity index (χ3n) is 2.39. The Morgan fingerprint density at radius 2 is 1.75 bits per heavy atom. The van der Waals surface area contributed by atoms with Crippen molar-refractivity contribution < 1.29 is 23.9 Å². The molecule has 0 saturated carbocycles. The normalized spacial score (nSPS) is 9.50. The van der Waals surface area contributed by atoms with E-state index in [4.69, 9.17) is 9.47 Å². The number of carbonyl (C=O) groups excluding carboxylic acids is 3. The lowest BCUT2D eigenvalue weighted by Gasteiger charge is -2.06. The summed E-state index contributed by atoms with van der Waals surface area (Å²) in [6.07, 6.45) is 0. The van der Waals surface area contributed by atoms with Gasteiger partial charge in [0.25, 0.3) is 5.91 Å². The molecule has 0 radical (unpaired) electrons. The van der Waals surface area contributed by atoms with Crippen molar-refractivity contribution in [2.45, 2.75) is 0 Å². The van der Waals surface area contributed by atoms with Crippen LogP contribution < -0.4 is 15.4 Å². The van der Waals surface area contributed by atoms with Crippen molar-refractivity contribution in [2.75, 3.05) is 27.3 Å². The van der Waals surface area contributed by atoms with Crippen LogP contribution in [0.3, 0.4) is 0 Å². The summed E-state index contributed by atoms with van der Waals surface area (Å²) in [6, 6.07) is 6.29. The monoisotopic (exact) mass is 280 g/mol. The highest BCUT2D eigenvalue weighted by atomic mass is 16.5. The Kier molecular flexibility index (Phi) is 6.02. The van der Waals surface area contributed by atoms with Crippen molar-refractivity contribution in [3.8, 4) is 5.75 Å². The zero-order chi connectivity index (χ0) is 15.0. The lowest BCUT2D eigenvalue weighted by Crippen LogP contribution is -2.37. The molecule has 7 heteroatoms. The van der Waals surface area contributed by atoms with E-state index in [1.54, 1.807) is 12.1 Å². The molecule has 7 nitrogen and oxygen atoms in total. The molecule has 0 atom stereocenters. The van der Waals surface area contributed by atoms with Crippen LogP contribution in [-0.4, -0.2) is 45.1 Å². The molecule has 0 fully saturated rings. The Labute approximate surface area is 116 Å². The molecule has 0 heterocycles. The fraction of sp³-hybridized carbons (Fsp3) is 0.308. The molecule has 108 valence electrons. The molecule has 2 amide bonds. The first-order valence-electron chi connectivity index (χ1n) is 5.85. The quantitative estimate of drug-likeness (QED) is 0.699. The fourth-order valence-corrected chi connectivity index (χ4v) is 1.26. The smallest absolute Gasteiger partial charge is 0.338 e. The van der Waals surface area contributed by atoms with Gasteiger partial charge >= 0.3 is 5.97 Å². The van der Waals surface area contributed by atoms with Crippen molar-refractivity contribution in [2.24, 2.45) is 0 Å². The van der Waals surface area contributed by atoms with E-state index in [0.29, 0.717) is 11.3 Å². The lowest BCUT2D eigenvalue weighted by molar-refractivity contribution is -0.127. The van der Waals surface area contributed by atoms with E-state index in [1.807, 2.05) is 0 Å². The number of hydrogen-bond acceptors (Lipinski definition) is 5. The number of benzene rings is 1. The SMILES string of the molecule is CNC(=O)CNC(=O)COC(=O)c1ccc(OC)cc1. The number of likely N-dealkylation sites (N-methyl/N-ethyl adjacent to an activating group) is 1. The van der Waals surface area contributed by atoms with Crippen molar-refractivity contribution in [3.63, 3.8) is 0 Å². The highest BCUT2D eigenvalue weighted by Gasteiger charge is 2.10. The highest BCUT2D eigenvalue weighted by molar-refractivity contribution is 5.92. The molecule has 1 rings (SSSR count). The second kappa shape index (κ2) is 7.78. The minimum atomic E-state index is -0.622. The van der Waals surface area contributed by atoms with Gasteiger partial charge in [-0.15, -0.1) is 0 Å². The summed E-state index contributed by atoms with van der Waals surface area (Å²) < 4.78 is 9.76. The van der Waals surface area contributed by atoms with Crippen molar-refractivity contribution in [3.05, 3.63) is 29.8 Å². The zero-order valence-corrected chi connectivity index (χ0v) is 11.3. The molecule has 0 aromatic heterocycles. The molecular formula is C13H16N2O5. The largest absolute Gasteiger partial charge is 0.497 e. The first-order valence-corrected chi connectivity index (χ1v) is 5.85. The fourth-order valence-electron chi connectivity index (χ4n) is 1.26. The van der Waals surface area contributed by atoms with Gasteiger partial charge in [0.05, 0.1) is 19.2 Å². The number of ether oxygens (including phenoxy) is 2. The Morgan fingerprint density at radius 3 is 2.30 bits per heavy atom. The average Bonchev–Trinajstić information content (AvgIpc) is 2.50. The maximum atomic E-state index is 11.6. The molecule has 0 spiro atoms. The highest BCUT2D eigenvalue weighted by Crippen LogP contribution is 2.11. The van der Waals surface area contributed by atoms with Crippen molar-refractivity contribution >= 4 is 17.8 Å². The van der Waals surface area contributed by atoms with E-state index in [1.165, 1.54) is 26.3 Å². The van der Waals surface area contributed by atoms with Crippen molar-refractivity contribution in [1.29, 1.82) is 0 Å². The summed E-state index contributed by atoms with van der Waals surface area (Å²) in [5, 5.41) is 4.66. The molecule has 0 bridgehead atoms. The van der Waals surface area contributed by atoms with Crippen LogP contribution in [0.25, 0.3) is 0 Å². The maximum absolute atomic E-state index is 11.6. The predicted molar refractivity (Wildman–Crippen MR) is 70.4 cm³/mol. The van der Waals surface area contributed by atoms with Crippen LogP contribution in [-0.2, 0) is 14.3 Å². The van der Waals surface area contributed by atoms with Gasteiger partial charge in [-0.05, 0) is 24.3 Å². The van der Waals surface area contributed by atoms with Gasteiger partial charge in [0.2, 0.25) is 5.91 Å². The first kappa shape index (κ1) is 15.5. The first-order chi connectivity index (χ1) is 9.56. The molecule has 0 aliphatic carbocycles. The number of esters is 1. The van der Waals surface area contributed by atoms with E-state index in [-0.39, 0.29) is 12.5 Å². The number of carbonyl (C=O) groups is 3. The van der Waals surface area contributed by atoms with Gasteiger partial charge in [-0.1, -0.05) is 0 Å². The lowest BCUT2D eigenvalue weighted by atomic mass is 10.2. The third kappa shape index (κ3) is 4.97. The molecule has 2 N–H and O–H groups in total. The minimum absolute atomic E-state index is 0.157. The van der Waals surface area contributed by atoms with Gasteiger partial charge in [0, 0.05) is 7.05 Å². The molecule has 1 aromatic rings. The van der Waals surface area contributed by atoms with Crippen LogP contribution in [0.4, 0.5) is 0 Å². The van der Waals surface area contributed by atoms with Crippen LogP contribution >= 0.6 is 0 Å². The molecule has 0 aliphatic heterocycles. The van der Waals surface area contributed by atoms with E-state index >= 15 is 0 Å². The van der Waals surface area contributed by atoms with Crippen LogP contribution in [0.1, 0.15) is 10.4 Å². The number of nitrogens with one attached hydrogen (secondary N) is 2. The van der Waals surface area contributed by atoms with Gasteiger partial charge in [-0.3, -0.25) is 9.59 Å². The van der Waals surface area contributed by atoms with Crippen LogP contribution in [0.15, 0.2) is 24.3 Å². The summed E-state index contributed by atoms with van der Waals surface area (Å²) in [5.41, 5.74) is 0.310. The van der Waals surface area contributed by atoms with Crippen LogP contribution in [0, 0.1) is 0 Å². The van der Waals surface area contributed by atoms with Gasteiger partial charge < -0.3 is 20.1 Å². The summed E-state index contributed by atoms with van der Waals surface area (Å²) in [6.45, 7) is -0.600. The van der Waals surface area contributed by atoms with E-state index in [9.17, 15) is 14.4 Å². The van der Waals surface area contributed by atoms with Gasteiger partial charge in [0.1, 0.15) is 5.75 Å². The summed E-state index contributed by atoms with van der Waals surface area (Å²) in [4.78, 5) is 33.8. The second-order valence-electron chi connectivity index (χ2n) is 3.75. The zero-order valence-electron chi connectivity index (χ0n) is 11.3. The number of amides is 2. The number of hydrogen-bond donors (Lipinski definition) is 2. The summed E-state index contributed by atoms with van der Waals surface area (Å²) >= 11 is 0. The Bertz CT molecular complexity index is 484. The van der Waals surface area contributed by atoms with E-state index < -0.39 is 18.5 Å². The predicted octanol–water partition coefficient (Wildman–Crippen LogP) is -0.286. The molecule has 1 aromatic carbocycles. The third-order valence-corrected chi connectivity index (χ3v) is 2.39. The Hall–Kier alpha value is -2.57. The number of methoxy groups -OCH3 is 1. The molecule has 20 heavy (non-hydrogen) atoms. The standard InChI is InChI=1S/C13H16N2O5/c1-14-11(16)7-15-12(17)8-20-13(18)9-3-5-10(19-2)6-4-9/h3-6H,7-8H2,1-2H3,(H,14,16)(H,15,17). The van der Waals surface area contributed by atoms with Crippen LogP contribution in [0.5, 0.6) is 5.75 Å². The molecule has 0 aliphatic rings. The van der Waals surface area contributed by atoms with Gasteiger partial charge in [-0.2, -0.15) is 0 Å². The maximum Gasteiger partial charge on any atom is 0.338 e. The molecular weight excluding hydrogens is 264 g/mol. The average molecular weight is 280 g/mol. The molecule has 0 unspecified atom stereocenters. The van der Waals surface area contributed by atoms with Gasteiger partial charge in [-0.25, -0.2) is 4.79 Å². The van der Waals surface area contributed by atoms with E-state index in [0.717, 1.165) is 0 Å². The van der Waals surface area contributed by atoms with Gasteiger partial charge in [0.15, 0.2) is 6.61 Å². The topological polar surface area (TPSA) is 93.7 Å². The Morgan fingerprint density at radius 1 is 1.10 bits per heavy atom. The minimum Gasteiger partial charge on any atom is -0.497 e. The summed E-state index contributed by atoms with van der Waals surface area (Å²) in [7, 11) is 2.97.